The van der Waals surface area contributed by atoms with E-state index in [0.29, 0.717) is 12.1 Å². The van der Waals surface area contributed by atoms with E-state index in [1.165, 1.54) is 24.5 Å². The van der Waals surface area contributed by atoms with Crippen molar-refractivity contribution in [1.82, 2.24) is 9.21 Å². The second kappa shape index (κ2) is 7.59. The second-order valence-corrected chi connectivity index (χ2v) is 8.35. The highest BCUT2D eigenvalue weighted by Crippen LogP contribution is 2.23. The summed E-state index contributed by atoms with van der Waals surface area (Å²) in [5.74, 6) is -1.75. The first kappa shape index (κ1) is 19.5. The number of rotatable bonds is 6. The van der Waals surface area contributed by atoms with E-state index < -0.39 is 21.7 Å². The molecule has 1 atom stereocenters. The molecule has 4 nitrogen and oxygen atoms in total. The molecule has 0 aliphatic carbocycles. The molecule has 0 radical (unpaired) electrons. The van der Waals surface area contributed by atoms with Gasteiger partial charge >= 0.3 is 0 Å². The molecule has 0 bridgehead atoms. The highest BCUT2D eigenvalue weighted by Gasteiger charge is 2.19. The summed E-state index contributed by atoms with van der Waals surface area (Å²) in [5, 5.41) is 0. The molecule has 25 heavy (non-hydrogen) atoms. The number of benzene rings is 2. The maximum Gasteiger partial charge on any atom is 0.242 e. The number of sulfonamides is 1. The summed E-state index contributed by atoms with van der Waals surface area (Å²) in [7, 11) is 1.32. The topological polar surface area (TPSA) is 40.6 Å². The first-order valence-electron chi connectivity index (χ1n) is 7.79. The van der Waals surface area contributed by atoms with Crippen LogP contribution in [0.15, 0.2) is 47.4 Å². The van der Waals surface area contributed by atoms with Gasteiger partial charge in [0.1, 0.15) is 0 Å². The van der Waals surface area contributed by atoms with Crippen LogP contribution in [0.2, 0.25) is 0 Å². The maximum absolute atomic E-state index is 13.4. The quantitative estimate of drug-likeness (QED) is 0.785. The zero-order valence-electron chi connectivity index (χ0n) is 14.7. The van der Waals surface area contributed by atoms with Crippen LogP contribution in [0.3, 0.4) is 0 Å². The van der Waals surface area contributed by atoms with Gasteiger partial charge in [0.25, 0.3) is 0 Å². The Labute approximate surface area is 147 Å². The zero-order valence-corrected chi connectivity index (χ0v) is 15.5. The monoisotopic (exact) mass is 368 g/mol. The van der Waals surface area contributed by atoms with Crippen molar-refractivity contribution in [2.24, 2.45) is 0 Å². The predicted molar refractivity (Wildman–Crippen MR) is 93.6 cm³/mol. The lowest BCUT2D eigenvalue weighted by Gasteiger charge is -2.25. The standard InChI is InChI=1S/C18H22F2N2O2S/c1-13(15-8-9-17(19)18(20)11-15)22(4)12-14-6-5-7-16(10-14)25(23,24)21(2)3/h5-11,13H,12H2,1-4H3. The van der Waals surface area contributed by atoms with E-state index in [1.807, 2.05) is 24.9 Å². The average molecular weight is 368 g/mol. The van der Waals surface area contributed by atoms with Crippen molar-refractivity contribution in [3.63, 3.8) is 0 Å². The maximum atomic E-state index is 13.4. The Morgan fingerprint density at radius 2 is 1.68 bits per heavy atom. The Morgan fingerprint density at radius 1 is 1.00 bits per heavy atom. The molecule has 136 valence electrons. The van der Waals surface area contributed by atoms with Crippen LogP contribution in [0.4, 0.5) is 8.78 Å². The summed E-state index contributed by atoms with van der Waals surface area (Å²) >= 11 is 0. The summed E-state index contributed by atoms with van der Waals surface area (Å²) in [6, 6.07) is 10.4. The fourth-order valence-corrected chi connectivity index (χ4v) is 3.44. The van der Waals surface area contributed by atoms with Crippen LogP contribution in [0, 0.1) is 11.6 Å². The summed E-state index contributed by atoms with van der Waals surface area (Å²) in [6.07, 6.45) is 0. The third kappa shape index (κ3) is 4.42. The third-order valence-electron chi connectivity index (χ3n) is 4.20. The minimum Gasteiger partial charge on any atom is -0.295 e. The SMILES string of the molecule is CC(c1ccc(F)c(F)c1)N(C)Cc1cccc(S(=O)(=O)N(C)C)c1. The molecule has 0 N–H and O–H groups in total. The lowest BCUT2D eigenvalue weighted by atomic mass is 10.1. The van der Waals surface area contributed by atoms with E-state index in [9.17, 15) is 17.2 Å². The predicted octanol–water partition coefficient (Wildman–Crippen LogP) is 3.41. The molecular weight excluding hydrogens is 346 g/mol. The molecule has 0 saturated carbocycles. The van der Waals surface area contributed by atoms with Crippen molar-refractivity contribution in [1.29, 1.82) is 0 Å². The van der Waals surface area contributed by atoms with E-state index in [0.717, 1.165) is 11.6 Å². The number of hydrogen-bond donors (Lipinski definition) is 0. The molecule has 0 aliphatic heterocycles. The summed E-state index contributed by atoms with van der Waals surface area (Å²) in [4.78, 5) is 2.16. The highest BCUT2D eigenvalue weighted by molar-refractivity contribution is 7.89. The van der Waals surface area contributed by atoms with Crippen LogP contribution in [0.1, 0.15) is 24.1 Å². The summed E-state index contributed by atoms with van der Waals surface area (Å²) < 4.78 is 52.1. The first-order chi connectivity index (χ1) is 11.6. The van der Waals surface area contributed by atoms with Gasteiger partial charge in [0.2, 0.25) is 10.0 Å². The van der Waals surface area contributed by atoms with E-state index >= 15 is 0 Å². The molecule has 2 aromatic carbocycles. The van der Waals surface area contributed by atoms with E-state index in [2.05, 4.69) is 0 Å². The fourth-order valence-electron chi connectivity index (χ4n) is 2.47. The first-order valence-corrected chi connectivity index (χ1v) is 9.23. The van der Waals surface area contributed by atoms with Gasteiger partial charge in [-0.05, 0) is 49.4 Å². The normalized spacial score (nSPS) is 13.4. The van der Waals surface area contributed by atoms with Crippen molar-refractivity contribution in [3.05, 3.63) is 65.2 Å². The van der Waals surface area contributed by atoms with Gasteiger partial charge in [-0.1, -0.05) is 18.2 Å². The Kier molecular flexibility index (Phi) is 5.92. The van der Waals surface area contributed by atoms with Crippen molar-refractivity contribution < 1.29 is 17.2 Å². The largest absolute Gasteiger partial charge is 0.295 e. The van der Waals surface area contributed by atoms with Gasteiger partial charge in [-0.25, -0.2) is 21.5 Å². The van der Waals surface area contributed by atoms with Gasteiger partial charge < -0.3 is 0 Å². The van der Waals surface area contributed by atoms with E-state index in [1.54, 1.807) is 24.3 Å². The minimum atomic E-state index is -3.49. The number of hydrogen-bond acceptors (Lipinski definition) is 3. The highest BCUT2D eigenvalue weighted by atomic mass is 32.2. The molecule has 2 rings (SSSR count). The zero-order chi connectivity index (χ0) is 18.8. The smallest absolute Gasteiger partial charge is 0.242 e. The van der Waals surface area contributed by atoms with Crippen LogP contribution in [0.25, 0.3) is 0 Å². The molecule has 0 aromatic heterocycles. The van der Waals surface area contributed by atoms with Gasteiger partial charge in [-0.3, -0.25) is 4.90 Å². The van der Waals surface area contributed by atoms with Gasteiger partial charge in [-0.2, -0.15) is 0 Å². The van der Waals surface area contributed by atoms with Crippen LogP contribution >= 0.6 is 0 Å². The number of halogens is 2. The van der Waals surface area contributed by atoms with Gasteiger partial charge in [-0.15, -0.1) is 0 Å². The average Bonchev–Trinajstić information content (AvgIpc) is 2.56. The van der Waals surface area contributed by atoms with Gasteiger partial charge in [0.05, 0.1) is 4.90 Å². The minimum absolute atomic E-state index is 0.163. The molecule has 0 aliphatic rings. The van der Waals surface area contributed by atoms with Crippen LogP contribution < -0.4 is 0 Å². The van der Waals surface area contributed by atoms with Crippen LogP contribution in [0.5, 0.6) is 0 Å². The van der Waals surface area contributed by atoms with Crippen molar-refractivity contribution in [2.75, 3.05) is 21.1 Å². The van der Waals surface area contributed by atoms with Gasteiger partial charge in [0, 0.05) is 26.7 Å². The molecule has 0 saturated heterocycles. The Morgan fingerprint density at radius 3 is 2.28 bits per heavy atom. The molecule has 0 heterocycles. The Bertz CT molecular complexity index is 854. The lowest BCUT2D eigenvalue weighted by Crippen LogP contribution is -2.24. The fraction of sp³-hybridized carbons (Fsp3) is 0.333. The van der Waals surface area contributed by atoms with Crippen LogP contribution in [-0.4, -0.2) is 38.8 Å². The van der Waals surface area contributed by atoms with E-state index in [-0.39, 0.29) is 10.9 Å². The van der Waals surface area contributed by atoms with Crippen molar-refractivity contribution in [3.8, 4) is 0 Å². The second-order valence-electron chi connectivity index (χ2n) is 6.20. The van der Waals surface area contributed by atoms with Crippen LogP contribution in [-0.2, 0) is 16.6 Å². The molecular formula is C18H22F2N2O2S. The molecule has 1 unspecified atom stereocenters. The van der Waals surface area contributed by atoms with Crippen molar-refractivity contribution in [2.45, 2.75) is 24.4 Å². The Balaban J connectivity index is 2.20. The molecule has 7 heteroatoms. The Hall–Kier alpha value is -1.83. The summed E-state index contributed by atoms with van der Waals surface area (Å²) in [6.45, 7) is 2.35. The third-order valence-corrected chi connectivity index (χ3v) is 6.01. The summed E-state index contributed by atoms with van der Waals surface area (Å²) in [5.41, 5.74) is 1.47. The van der Waals surface area contributed by atoms with E-state index in [4.69, 9.17) is 0 Å². The molecule has 0 fully saturated rings. The van der Waals surface area contributed by atoms with Crippen molar-refractivity contribution >= 4 is 10.0 Å². The molecule has 0 amide bonds. The number of nitrogens with zero attached hydrogens (tertiary/aromatic N) is 2. The lowest BCUT2D eigenvalue weighted by molar-refractivity contribution is 0.252. The molecule has 2 aromatic rings. The van der Waals surface area contributed by atoms with Gasteiger partial charge in [0.15, 0.2) is 11.6 Å². The molecule has 0 spiro atoms.